The van der Waals surface area contributed by atoms with Crippen molar-refractivity contribution in [1.29, 1.82) is 0 Å². The second-order valence-electron chi connectivity index (χ2n) is 7.40. The molecule has 0 saturated carbocycles. The molecule has 2 aliphatic rings. The van der Waals surface area contributed by atoms with Crippen LogP contribution in [0.15, 0.2) is 35.3 Å². The van der Waals surface area contributed by atoms with E-state index >= 15 is 0 Å². The highest BCUT2D eigenvalue weighted by Crippen LogP contribution is 2.13. The Labute approximate surface area is 164 Å². The van der Waals surface area contributed by atoms with E-state index in [2.05, 4.69) is 57.7 Å². The molecular formula is C21H35N5O. The standard InChI is InChI=1S/C21H35N5O/c1-2-22-21(23-10-13-25-14-16-27-17-15-25)24-20-8-11-26(12-9-20)18-19-6-4-3-5-7-19/h3-7,20H,2,8-18H2,1H3,(H2,22,23,24). The molecule has 2 aliphatic heterocycles. The van der Waals surface area contributed by atoms with Crippen LogP contribution in [0.3, 0.4) is 0 Å². The van der Waals surface area contributed by atoms with E-state index in [1.54, 1.807) is 0 Å². The molecule has 2 fully saturated rings. The van der Waals surface area contributed by atoms with Crippen molar-refractivity contribution in [2.45, 2.75) is 32.4 Å². The number of aliphatic imine (C=N–C) groups is 1. The average molecular weight is 374 g/mol. The van der Waals surface area contributed by atoms with Crippen LogP contribution in [0.25, 0.3) is 0 Å². The zero-order chi connectivity index (χ0) is 18.7. The Morgan fingerprint density at radius 3 is 2.52 bits per heavy atom. The van der Waals surface area contributed by atoms with Gasteiger partial charge in [0.15, 0.2) is 5.96 Å². The molecule has 6 heteroatoms. The van der Waals surface area contributed by atoms with E-state index in [4.69, 9.17) is 9.73 Å². The van der Waals surface area contributed by atoms with Crippen LogP contribution < -0.4 is 10.6 Å². The minimum Gasteiger partial charge on any atom is -0.379 e. The van der Waals surface area contributed by atoms with E-state index in [0.717, 1.165) is 71.5 Å². The molecule has 0 unspecified atom stereocenters. The summed E-state index contributed by atoms with van der Waals surface area (Å²) < 4.78 is 5.41. The maximum absolute atomic E-state index is 5.41. The fourth-order valence-corrected chi connectivity index (χ4v) is 3.72. The van der Waals surface area contributed by atoms with Gasteiger partial charge in [0.25, 0.3) is 0 Å². The smallest absolute Gasteiger partial charge is 0.191 e. The largest absolute Gasteiger partial charge is 0.379 e. The Hall–Kier alpha value is -1.63. The van der Waals surface area contributed by atoms with E-state index in [-0.39, 0.29) is 0 Å². The van der Waals surface area contributed by atoms with Gasteiger partial charge in [0.05, 0.1) is 19.8 Å². The number of guanidine groups is 1. The number of nitrogens with zero attached hydrogens (tertiary/aromatic N) is 3. The third-order valence-electron chi connectivity index (χ3n) is 5.31. The molecule has 0 bridgehead atoms. The quantitative estimate of drug-likeness (QED) is 0.561. The maximum atomic E-state index is 5.41. The lowest BCUT2D eigenvalue weighted by Crippen LogP contribution is -2.48. The Morgan fingerprint density at radius 1 is 1.07 bits per heavy atom. The Balaban J connectivity index is 1.39. The van der Waals surface area contributed by atoms with Crippen LogP contribution in [0.2, 0.25) is 0 Å². The third-order valence-corrected chi connectivity index (χ3v) is 5.31. The number of morpholine rings is 1. The van der Waals surface area contributed by atoms with Crippen LogP contribution >= 0.6 is 0 Å². The van der Waals surface area contributed by atoms with Crippen LogP contribution in [0.4, 0.5) is 0 Å². The van der Waals surface area contributed by atoms with Crippen molar-refractivity contribution < 1.29 is 4.74 Å². The first kappa shape index (κ1) is 20.1. The van der Waals surface area contributed by atoms with E-state index < -0.39 is 0 Å². The van der Waals surface area contributed by atoms with Crippen LogP contribution in [0, 0.1) is 0 Å². The Kier molecular flexibility index (Phi) is 8.39. The summed E-state index contributed by atoms with van der Waals surface area (Å²) in [6, 6.07) is 11.3. The number of rotatable bonds is 7. The van der Waals surface area contributed by atoms with Gasteiger partial charge < -0.3 is 15.4 Å². The molecule has 2 saturated heterocycles. The van der Waals surface area contributed by atoms with Crippen LogP contribution in [-0.2, 0) is 11.3 Å². The summed E-state index contributed by atoms with van der Waals surface area (Å²) in [5.41, 5.74) is 1.40. The average Bonchev–Trinajstić information content (AvgIpc) is 2.71. The lowest BCUT2D eigenvalue weighted by Gasteiger charge is -2.33. The molecule has 150 valence electrons. The van der Waals surface area contributed by atoms with Crippen LogP contribution in [0.5, 0.6) is 0 Å². The SMILES string of the molecule is CCNC(=NCCN1CCOCC1)NC1CCN(Cc2ccccc2)CC1. The molecular weight excluding hydrogens is 338 g/mol. The maximum Gasteiger partial charge on any atom is 0.191 e. The minimum atomic E-state index is 0.512. The van der Waals surface area contributed by atoms with Crippen molar-refractivity contribution in [3.8, 4) is 0 Å². The first-order valence-electron chi connectivity index (χ1n) is 10.4. The fraction of sp³-hybridized carbons (Fsp3) is 0.667. The highest BCUT2D eigenvalue weighted by atomic mass is 16.5. The normalized spacial score (nSPS) is 20.6. The van der Waals surface area contributed by atoms with Gasteiger partial charge in [-0.3, -0.25) is 14.8 Å². The van der Waals surface area contributed by atoms with Gasteiger partial charge >= 0.3 is 0 Å². The molecule has 0 atom stereocenters. The summed E-state index contributed by atoms with van der Waals surface area (Å²) in [5.74, 6) is 0.965. The van der Waals surface area contributed by atoms with Crippen molar-refractivity contribution in [1.82, 2.24) is 20.4 Å². The Bertz CT molecular complexity index is 551. The third kappa shape index (κ3) is 7.13. The zero-order valence-corrected chi connectivity index (χ0v) is 16.7. The molecule has 0 spiro atoms. The first-order valence-corrected chi connectivity index (χ1v) is 10.4. The second kappa shape index (κ2) is 11.3. The fourth-order valence-electron chi connectivity index (χ4n) is 3.72. The van der Waals surface area contributed by atoms with Crippen molar-refractivity contribution >= 4 is 5.96 Å². The molecule has 3 rings (SSSR count). The summed E-state index contributed by atoms with van der Waals surface area (Å²) in [6.45, 7) is 12.0. The number of piperidine rings is 1. The van der Waals surface area contributed by atoms with E-state index in [9.17, 15) is 0 Å². The lowest BCUT2D eigenvalue weighted by atomic mass is 10.0. The molecule has 1 aromatic carbocycles. The molecule has 0 aliphatic carbocycles. The minimum absolute atomic E-state index is 0.512. The van der Waals surface area contributed by atoms with E-state index in [1.165, 1.54) is 18.4 Å². The van der Waals surface area contributed by atoms with Crippen molar-refractivity contribution in [2.75, 3.05) is 59.0 Å². The summed E-state index contributed by atoms with van der Waals surface area (Å²) >= 11 is 0. The number of nitrogens with one attached hydrogen (secondary N) is 2. The van der Waals surface area contributed by atoms with Crippen LogP contribution in [0.1, 0.15) is 25.3 Å². The van der Waals surface area contributed by atoms with Gasteiger partial charge in [-0.25, -0.2) is 0 Å². The summed E-state index contributed by atoms with van der Waals surface area (Å²) in [4.78, 5) is 9.77. The van der Waals surface area contributed by atoms with Crippen molar-refractivity contribution in [3.63, 3.8) is 0 Å². The van der Waals surface area contributed by atoms with Crippen molar-refractivity contribution in [2.24, 2.45) is 4.99 Å². The van der Waals surface area contributed by atoms with E-state index in [1.807, 2.05) is 0 Å². The lowest BCUT2D eigenvalue weighted by molar-refractivity contribution is 0.0394. The molecule has 2 N–H and O–H groups in total. The number of ether oxygens (including phenoxy) is 1. The molecule has 2 heterocycles. The molecule has 0 amide bonds. The predicted octanol–water partition coefficient (Wildman–Crippen LogP) is 1.54. The van der Waals surface area contributed by atoms with Crippen molar-refractivity contribution in [3.05, 3.63) is 35.9 Å². The topological polar surface area (TPSA) is 52.1 Å². The van der Waals surface area contributed by atoms with Crippen LogP contribution in [-0.4, -0.2) is 80.8 Å². The highest BCUT2D eigenvalue weighted by molar-refractivity contribution is 5.80. The van der Waals surface area contributed by atoms with E-state index in [0.29, 0.717) is 6.04 Å². The van der Waals surface area contributed by atoms with Gasteiger partial charge in [-0.15, -0.1) is 0 Å². The zero-order valence-electron chi connectivity index (χ0n) is 16.7. The monoisotopic (exact) mass is 373 g/mol. The van der Waals surface area contributed by atoms with Gasteiger partial charge in [-0.2, -0.15) is 0 Å². The van der Waals surface area contributed by atoms with Gasteiger partial charge in [0.2, 0.25) is 0 Å². The van der Waals surface area contributed by atoms with Gasteiger partial charge in [0, 0.05) is 51.9 Å². The number of hydrogen-bond donors (Lipinski definition) is 2. The van der Waals surface area contributed by atoms with Gasteiger partial charge in [-0.05, 0) is 25.3 Å². The molecule has 0 radical (unpaired) electrons. The Morgan fingerprint density at radius 2 is 1.81 bits per heavy atom. The predicted molar refractivity (Wildman–Crippen MR) is 111 cm³/mol. The number of benzene rings is 1. The number of hydrogen-bond acceptors (Lipinski definition) is 4. The molecule has 1 aromatic rings. The van der Waals surface area contributed by atoms with Gasteiger partial charge in [-0.1, -0.05) is 30.3 Å². The number of likely N-dealkylation sites (tertiary alicyclic amines) is 1. The molecule has 27 heavy (non-hydrogen) atoms. The molecule has 0 aromatic heterocycles. The van der Waals surface area contributed by atoms with Gasteiger partial charge in [0.1, 0.15) is 0 Å². The molecule has 6 nitrogen and oxygen atoms in total. The highest BCUT2D eigenvalue weighted by Gasteiger charge is 2.20. The second-order valence-corrected chi connectivity index (χ2v) is 7.40. The first-order chi connectivity index (χ1) is 13.3. The summed E-state index contributed by atoms with van der Waals surface area (Å²) in [7, 11) is 0. The summed E-state index contributed by atoms with van der Waals surface area (Å²) in [5, 5.41) is 7.05. The summed E-state index contributed by atoms with van der Waals surface area (Å²) in [6.07, 6.45) is 2.33.